The summed E-state index contributed by atoms with van der Waals surface area (Å²) in [5, 5.41) is 11.6. The van der Waals surface area contributed by atoms with Crippen molar-refractivity contribution in [1.82, 2.24) is 0 Å². The second-order valence-electron chi connectivity index (χ2n) is 8.15. The summed E-state index contributed by atoms with van der Waals surface area (Å²) in [6.45, 7) is 1.95. The number of hydrogen-bond donors (Lipinski definition) is 4. The van der Waals surface area contributed by atoms with Crippen molar-refractivity contribution in [3.05, 3.63) is 82.2 Å². The highest BCUT2D eigenvalue weighted by atomic mass is 35.5. The monoisotopic (exact) mass is 521 g/mol. The van der Waals surface area contributed by atoms with Crippen molar-refractivity contribution in [3.63, 3.8) is 0 Å². The van der Waals surface area contributed by atoms with Gasteiger partial charge >= 0.3 is 7.60 Å². The first-order valence-corrected chi connectivity index (χ1v) is 13.8. The van der Waals surface area contributed by atoms with Crippen molar-refractivity contribution in [3.8, 4) is 16.2 Å². The maximum absolute atomic E-state index is 12.4. The number of halogens is 1. The predicted molar refractivity (Wildman–Crippen MR) is 139 cm³/mol. The highest BCUT2D eigenvalue weighted by molar-refractivity contribution is 7.63. The van der Waals surface area contributed by atoms with Crippen molar-refractivity contribution in [1.29, 1.82) is 0 Å². The molecule has 1 unspecified atom stereocenters. The fraction of sp³-hybridized carbons (Fsp3) is 0.280. The molecule has 0 fully saturated rings. The highest BCUT2D eigenvalue weighted by Gasteiger charge is 2.30. The van der Waals surface area contributed by atoms with E-state index in [9.17, 15) is 19.5 Å². The van der Waals surface area contributed by atoms with Gasteiger partial charge in [-0.3, -0.25) is 4.57 Å². The molecule has 182 valence electrons. The van der Waals surface area contributed by atoms with Crippen LogP contribution in [0.15, 0.2) is 66.1 Å². The Morgan fingerprint density at radius 2 is 1.94 bits per heavy atom. The third kappa shape index (κ3) is 6.80. The molecular weight excluding hydrogens is 493 g/mol. The molecule has 0 saturated heterocycles. The van der Waals surface area contributed by atoms with Gasteiger partial charge < -0.3 is 25.4 Å². The Hall–Kier alpha value is -1.96. The van der Waals surface area contributed by atoms with Gasteiger partial charge in [0.2, 0.25) is 0 Å². The minimum Gasteiger partial charge on any atom is -0.487 e. The van der Waals surface area contributed by atoms with Crippen molar-refractivity contribution < 1.29 is 24.2 Å². The standard InChI is InChI=1S/C25H29ClNO5PS/c1-2-3-12-25(27,17-28)15-23(33(29,30)31)20-10-9-19(14-21(20)26)24-22(11-13-34-24)32-16-18-7-5-4-6-8-18/h4-11,13-15,28H,2-3,12,16-17,27H2,1H3,(H2,29,30,31). The van der Waals surface area contributed by atoms with Gasteiger partial charge in [-0.15, -0.1) is 11.3 Å². The quantitative estimate of drug-likeness (QED) is 0.229. The number of aliphatic hydroxyl groups is 1. The number of aliphatic hydroxyl groups excluding tert-OH is 1. The minimum atomic E-state index is -4.73. The van der Waals surface area contributed by atoms with Gasteiger partial charge in [-0.2, -0.15) is 0 Å². The molecular formula is C25H29ClNO5PS. The molecule has 34 heavy (non-hydrogen) atoms. The molecule has 0 spiro atoms. The zero-order valence-corrected chi connectivity index (χ0v) is 21.3. The fourth-order valence-electron chi connectivity index (χ4n) is 3.51. The normalized spacial score (nSPS) is 14.1. The van der Waals surface area contributed by atoms with E-state index in [0.717, 1.165) is 22.4 Å². The smallest absolute Gasteiger partial charge is 0.356 e. The predicted octanol–water partition coefficient (Wildman–Crippen LogP) is 6.05. The second-order valence-corrected chi connectivity index (χ2v) is 11.0. The Kier molecular flexibility index (Phi) is 9.13. The van der Waals surface area contributed by atoms with Crippen LogP contribution in [0.1, 0.15) is 37.3 Å². The van der Waals surface area contributed by atoms with Crippen LogP contribution in [0.4, 0.5) is 0 Å². The third-order valence-electron chi connectivity index (χ3n) is 5.40. The molecule has 5 N–H and O–H groups in total. The molecule has 3 aromatic rings. The van der Waals surface area contributed by atoms with E-state index in [1.165, 1.54) is 17.4 Å². The topological polar surface area (TPSA) is 113 Å². The van der Waals surface area contributed by atoms with Crippen molar-refractivity contribution >= 4 is 35.8 Å². The van der Waals surface area contributed by atoms with E-state index in [1.807, 2.05) is 48.7 Å². The lowest BCUT2D eigenvalue weighted by molar-refractivity contribution is 0.217. The zero-order valence-electron chi connectivity index (χ0n) is 18.9. The van der Waals surface area contributed by atoms with E-state index in [2.05, 4.69) is 0 Å². The molecule has 0 aliphatic carbocycles. The lowest BCUT2D eigenvalue weighted by Crippen LogP contribution is -2.41. The number of thiophene rings is 1. The lowest BCUT2D eigenvalue weighted by atomic mass is 9.93. The number of nitrogens with two attached hydrogens (primary N) is 1. The Morgan fingerprint density at radius 1 is 1.21 bits per heavy atom. The van der Waals surface area contributed by atoms with Crippen LogP contribution in [0.5, 0.6) is 5.75 Å². The van der Waals surface area contributed by atoms with Crippen LogP contribution in [0.3, 0.4) is 0 Å². The third-order valence-corrected chi connectivity index (χ3v) is 7.66. The van der Waals surface area contributed by atoms with Gasteiger partial charge in [0.05, 0.1) is 22.3 Å². The lowest BCUT2D eigenvalue weighted by Gasteiger charge is -2.25. The minimum absolute atomic E-state index is 0.172. The van der Waals surface area contributed by atoms with Gasteiger partial charge in [0.1, 0.15) is 12.4 Å². The molecule has 0 radical (unpaired) electrons. The molecule has 0 saturated carbocycles. The Bertz CT molecular complexity index is 1180. The first kappa shape index (κ1) is 26.6. The summed E-state index contributed by atoms with van der Waals surface area (Å²) >= 11 is 8.01. The fourth-order valence-corrected chi connectivity index (χ4v) is 5.63. The van der Waals surface area contributed by atoms with Gasteiger partial charge in [0.15, 0.2) is 0 Å². The van der Waals surface area contributed by atoms with Gasteiger partial charge in [-0.05, 0) is 41.1 Å². The van der Waals surface area contributed by atoms with Crippen molar-refractivity contribution in [2.75, 3.05) is 6.61 Å². The van der Waals surface area contributed by atoms with Gasteiger partial charge in [-0.25, -0.2) is 0 Å². The van der Waals surface area contributed by atoms with E-state index in [4.69, 9.17) is 22.1 Å². The van der Waals surface area contributed by atoms with Crippen LogP contribution in [0, 0.1) is 0 Å². The summed E-state index contributed by atoms with van der Waals surface area (Å²) in [6.07, 6.45) is 3.20. The summed E-state index contributed by atoms with van der Waals surface area (Å²) in [4.78, 5) is 20.9. The summed E-state index contributed by atoms with van der Waals surface area (Å²) in [5.41, 5.74) is 6.98. The first-order chi connectivity index (χ1) is 16.2. The first-order valence-electron chi connectivity index (χ1n) is 10.9. The van der Waals surface area contributed by atoms with Crippen LogP contribution in [-0.2, 0) is 11.2 Å². The molecule has 0 aliphatic heterocycles. The average Bonchev–Trinajstić information content (AvgIpc) is 3.29. The maximum Gasteiger partial charge on any atom is 0.356 e. The van der Waals surface area contributed by atoms with Crippen LogP contribution < -0.4 is 10.5 Å². The molecule has 2 aromatic carbocycles. The summed E-state index contributed by atoms with van der Waals surface area (Å²) in [7, 11) is -4.73. The van der Waals surface area contributed by atoms with E-state index in [1.54, 1.807) is 18.2 Å². The molecule has 1 heterocycles. The van der Waals surface area contributed by atoms with Crippen LogP contribution in [-0.4, -0.2) is 27.0 Å². The van der Waals surface area contributed by atoms with Gasteiger partial charge in [-0.1, -0.05) is 73.8 Å². The summed E-state index contributed by atoms with van der Waals surface area (Å²) in [5.74, 6) is 0.698. The number of hydrogen-bond acceptors (Lipinski definition) is 5. The maximum atomic E-state index is 12.4. The number of rotatable bonds is 11. The van der Waals surface area contributed by atoms with Crippen LogP contribution >= 0.6 is 30.5 Å². The van der Waals surface area contributed by atoms with Crippen LogP contribution in [0.25, 0.3) is 15.8 Å². The Balaban J connectivity index is 1.93. The van der Waals surface area contributed by atoms with Gasteiger partial charge in [0, 0.05) is 10.6 Å². The summed E-state index contributed by atoms with van der Waals surface area (Å²) in [6, 6.07) is 16.7. The molecule has 3 rings (SSSR count). The van der Waals surface area contributed by atoms with Gasteiger partial charge in [0.25, 0.3) is 0 Å². The van der Waals surface area contributed by atoms with E-state index in [-0.39, 0.29) is 15.9 Å². The number of benzene rings is 2. The average molecular weight is 522 g/mol. The van der Waals surface area contributed by atoms with Crippen LogP contribution in [0.2, 0.25) is 5.02 Å². The summed E-state index contributed by atoms with van der Waals surface area (Å²) < 4.78 is 18.3. The molecule has 1 atom stereocenters. The Morgan fingerprint density at radius 3 is 2.56 bits per heavy atom. The van der Waals surface area contributed by atoms with Crippen molar-refractivity contribution in [2.45, 2.75) is 38.3 Å². The van der Waals surface area contributed by atoms with Crippen molar-refractivity contribution in [2.24, 2.45) is 5.73 Å². The Labute approximate surface area is 208 Å². The number of unbranched alkanes of at least 4 members (excludes halogenated alkanes) is 1. The molecule has 9 heteroatoms. The number of ether oxygens (including phenoxy) is 1. The zero-order chi connectivity index (χ0) is 24.8. The molecule has 0 aliphatic rings. The molecule has 6 nitrogen and oxygen atoms in total. The highest BCUT2D eigenvalue weighted by Crippen LogP contribution is 2.54. The van der Waals surface area contributed by atoms with E-state index >= 15 is 0 Å². The SMILES string of the molecule is CCCCC(N)(C=C(c1ccc(-c2sccc2OCc2ccccc2)cc1Cl)P(=O)(O)O)CO. The molecule has 0 bridgehead atoms. The van der Waals surface area contributed by atoms with E-state index in [0.29, 0.717) is 25.2 Å². The molecule has 0 amide bonds. The second kappa shape index (κ2) is 11.6. The van der Waals surface area contributed by atoms with E-state index < -0.39 is 19.7 Å². The molecule has 1 aromatic heterocycles. The largest absolute Gasteiger partial charge is 0.487 e.